The zero-order chi connectivity index (χ0) is 12.6. The van der Waals surface area contributed by atoms with Gasteiger partial charge < -0.3 is 4.74 Å². The van der Waals surface area contributed by atoms with Crippen molar-refractivity contribution in [3.05, 3.63) is 23.3 Å². The molecule has 1 heterocycles. The fourth-order valence-corrected chi connectivity index (χ4v) is 2.73. The highest BCUT2D eigenvalue weighted by Gasteiger charge is 2.55. The second kappa shape index (κ2) is 4.41. The van der Waals surface area contributed by atoms with Crippen LogP contribution in [0.1, 0.15) is 47.0 Å². The minimum absolute atomic E-state index is 0.118. The molecule has 2 fully saturated rings. The lowest BCUT2D eigenvalue weighted by Crippen LogP contribution is -2.22. The third-order valence-corrected chi connectivity index (χ3v) is 3.97. The van der Waals surface area contributed by atoms with Gasteiger partial charge >= 0.3 is 0 Å². The maximum Gasteiger partial charge on any atom is 0.178 e. The van der Waals surface area contributed by atoms with Crippen LogP contribution in [0, 0.1) is 5.92 Å². The quantitative estimate of drug-likeness (QED) is 0.553. The molecule has 0 aromatic heterocycles. The molecule has 1 saturated heterocycles. The van der Waals surface area contributed by atoms with Crippen LogP contribution in [0.4, 0.5) is 0 Å². The van der Waals surface area contributed by atoms with Crippen molar-refractivity contribution in [1.82, 2.24) is 0 Å². The Balaban J connectivity index is 1.96. The number of ether oxygens (including phenoxy) is 1. The van der Waals surface area contributed by atoms with Crippen molar-refractivity contribution in [2.24, 2.45) is 5.92 Å². The maximum atomic E-state index is 11.7. The van der Waals surface area contributed by atoms with E-state index in [1.54, 1.807) is 12.2 Å². The second-order valence-corrected chi connectivity index (χ2v) is 5.90. The van der Waals surface area contributed by atoms with Crippen molar-refractivity contribution >= 4 is 5.78 Å². The van der Waals surface area contributed by atoms with Gasteiger partial charge in [0, 0.05) is 0 Å². The SMILES string of the molecule is CC(C)=CC(=O)C=C(C)C1CCC2(C)OC2C1. The molecule has 2 heteroatoms. The van der Waals surface area contributed by atoms with Crippen LogP contribution < -0.4 is 0 Å². The first kappa shape index (κ1) is 12.6. The topological polar surface area (TPSA) is 29.6 Å². The van der Waals surface area contributed by atoms with Gasteiger partial charge in [0.05, 0.1) is 11.7 Å². The van der Waals surface area contributed by atoms with Crippen molar-refractivity contribution < 1.29 is 9.53 Å². The summed E-state index contributed by atoms with van der Waals surface area (Å²) in [5, 5.41) is 0. The molecular formula is C15H22O2. The normalized spacial score (nSPS) is 36.1. The van der Waals surface area contributed by atoms with Crippen molar-refractivity contribution in [2.75, 3.05) is 0 Å². The number of allylic oxidation sites excluding steroid dienone is 4. The van der Waals surface area contributed by atoms with E-state index < -0.39 is 0 Å². The summed E-state index contributed by atoms with van der Waals surface area (Å²) in [6.07, 6.45) is 7.29. The van der Waals surface area contributed by atoms with Crippen LogP contribution >= 0.6 is 0 Å². The van der Waals surface area contributed by atoms with Crippen LogP contribution in [-0.2, 0) is 9.53 Å². The molecule has 0 aromatic carbocycles. The Hall–Kier alpha value is -0.890. The first-order valence-corrected chi connectivity index (χ1v) is 6.45. The number of rotatable bonds is 3. The van der Waals surface area contributed by atoms with E-state index in [0.717, 1.165) is 24.8 Å². The van der Waals surface area contributed by atoms with Gasteiger partial charge in [-0.05, 0) is 65.0 Å². The largest absolute Gasteiger partial charge is 0.366 e. The summed E-state index contributed by atoms with van der Waals surface area (Å²) in [5.74, 6) is 0.651. The number of hydrogen-bond acceptors (Lipinski definition) is 2. The lowest BCUT2D eigenvalue weighted by molar-refractivity contribution is -0.110. The molecule has 0 bridgehead atoms. The molecule has 0 radical (unpaired) electrons. The van der Waals surface area contributed by atoms with E-state index in [1.165, 1.54) is 5.57 Å². The molecular weight excluding hydrogens is 212 g/mol. The van der Waals surface area contributed by atoms with Crippen LogP contribution in [0.5, 0.6) is 0 Å². The highest BCUT2D eigenvalue weighted by atomic mass is 16.6. The van der Waals surface area contributed by atoms with Crippen molar-refractivity contribution in [3.8, 4) is 0 Å². The van der Waals surface area contributed by atoms with E-state index in [0.29, 0.717) is 12.0 Å². The average Bonchev–Trinajstić information content (AvgIpc) is 2.86. The van der Waals surface area contributed by atoms with Crippen molar-refractivity contribution in [1.29, 1.82) is 0 Å². The Labute approximate surface area is 104 Å². The lowest BCUT2D eigenvalue weighted by atomic mass is 9.79. The van der Waals surface area contributed by atoms with Crippen molar-refractivity contribution in [2.45, 2.75) is 58.7 Å². The molecule has 0 spiro atoms. The predicted molar refractivity (Wildman–Crippen MR) is 68.8 cm³/mol. The number of fused-ring (bicyclic) bond motifs is 1. The Morgan fingerprint density at radius 2 is 2.00 bits per heavy atom. The number of epoxide rings is 1. The van der Waals surface area contributed by atoms with Crippen LogP contribution in [0.25, 0.3) is 0 Å². The van der Waals surface area contributed by atoms with Gasteiger partial charge in [0.2, 0.25) is 0 Å². The van der Waals surface area contributed by atoms with Crippen LogP contribution in [0.2, 0.25) is 0 Å². The summed E-state index contributed by atoms with van der Waals surface area (Å²) in [4.78, 5) is 11.7. The fraction of sp³-hybridized carbons (Fsp3) is 0.667. The van der Waals surface area contributed by atoms with Gasteiger partial charge in [-0.1, -0.05) is 11.1 Å². The number of ketones is 1. The molecule has 1 saturated carbocycles. The number of carbonyl (C=O) groups is 1. The van der Waals surface area contributed by atoms with E-state index >= 15 is 0 Å². The van der Waals surface area contributed by atoms with Crippen LogP contribution in [-0.4, -0.2) is 17.5 Å². The third-order valence-electron chi connectivity index (χ3n) is 3.97. The van der Waals surface area contributed by atoms with Gasteiger partial charge in [0.15, 0.2) is 5.78 Å². The van der Waals surface area contributed by atoms with E-state index in [4.69, 9.17) is 4.74 Å². The summed E-state index contributed by atoms with van der Waals surface area (Å²) in [6.45, 7) is 8.17. The standard InChI is InChI=1S/C15H22O2/c1-10(2)7-13(16)8-11(3)12-5-6-15(4)14(9-12)17-15/h7-8,12,14H,5-6,9H2,1-4H3. The van der Waals surface area contributed by atoms with Gasteiger partial charge in [-0.15, -0.1) is 0 Å². The zero-order valence-electron chi connectivity index (χ0n) is 11.2. The molecule has 0 amide bonds. The van der Waals surface area contributed by atoms with Crippen molar-refractivity contribution in [3.63, 3.8) is 0 Å². The van der Waals surface area contributed by atoms with E-state index in [1.807, 2.05) is 13.8 Å². The number of carbonyl (C=O) groups excluding carboxylic acids is 1. The lowest BCUT2D eigenvalue weighted by Gasteiger charge is -2.22. The second-order valence-electron chi connectivity index (χ2n) is 5.90. The summed E-state index contributed by atoms with van der Waals surface area (Å²) in [7, 11) is 0. The van der Waals surface area contributed by atoms with Crippen LogP contribution in [0.15, 0.2) is 23.3 Å². The minimum atomic E-state index is 0.118. The Bertz CT molecular complexity index is 388. The maximum absolute atomic E-state index is 11.7. The monoisotopic (exact) mass is 234 g/mol. The fourth-order valence-electron chi connectivity index (χ4n) is 2.73. The molecule has 0 N–H and O–H groups in total. The molecule has 94 valence electrons. The number of hydrogen-bond donors (Lipinski definition) is 0. The molecule has 2 nitrogen and oxygen atoms in total. The van der Waals surface area contributed by atoms with Crippen LogP contribution in [0.3, 0.4) is 0 Å². The highest BCUT2D eigenvalue weighted by Crippen LogP contribution is 2.50. The first-order valence-electron chi connectivity index (χ1n) is 6.45. The molecule has 1 aliphatic heterocycles. The molecule has 2 rings (SSSR count). The zero-order valence-corrected chi connectivity index (χ0v) is 11.2. The Morgan fingerprint density at radius 1 is 1.29 bits per heavy atom. The van der Waals surface area contributed by atoms with E-state index in [9.17, 15) is 4.79 Å². The molecule has 17 heavy (non-hydrogen) atoms. The Kier molecular flexibility index (Phi) is 3.26. The smallest absolute Gasteiger partial charge is 0.178 e. The van der Waals surface area contributed by atoms with Gasteiger partial charge in [-0.3, -0.25) is 4.79 Å². The minimum Gasteiger partial charge on any atom is -0.366 e. The molecule has 3 atom stereocenters. The van der Waals surface area contributed by atoms with Gasteiger partial charge in [0.25, 0.3) is 0 Å². The predicted octanol–water partition coefficient (Wildman–Crippen LogP) is 3.43. The summed E-state index contributed by atoms with van der Waals surface area (Å²) < 4.78 is 5.69. The van der Waals surface area contributed by atoms with Gasteiger partial charge in [-0.2, -0.15) is 0 Å². The molecule has 2 aliphatic rings. The highest BCUT2D eigenvalue weighted by molar-refractivity contribution is 6.00. The Morgan fingerprint density at radius 3 is 2.59 bits per heavy atom. The van der Waals surface area contributed by atoms with E-state index in [2.05, 4.69) is 13.8 Å². The molecule has 0 aromatic rings. The molecule has 3 unspecified atom stereocenters. The average molecular weight is 234 g/mol. The van der Waals surface area contributed by atoms with Gasteiger partial charge in [-0.25, -0.2) is 0 Å². The van der Waals surface area contributed by atoms with Gasteiger partial charge in [0.1, 0.15) is 0 Å². The third kappa shape index (κ3) is 2.86. The summed E-state index contributed by atoms with van der Waals surface area (Å²) in [5.41, 5.74) is 2.44. The molecule has 1 aliphatic carbocycles. The van der Waals surface area contributed by atoms with E-state index in [-0.39, 0.29) is 11.4 Å². The first-order chi connectivity index (χ1) is 7.90. The summed E-state index contributed by atoms with van der Waals surface area (Å²) in [6, 6.07) is 0. The summed E-state index contributed by atoms with van der Waals surface area (Å²) >= 11 is 0.